The molecular formula is C18H17N3O3. The Morgan fingerprint density at radius 3 is 2.54 bits per heavy atom. The van der Waals surface area contributed by atoms with Gasteiger partial charge in [-0.3, -0.25) is 4.79 Å². The summed E-state index contributed by atoms with van der Waals surface area (Å²) in [5, 5.41) is 33.7. The number of benzene rings is 2. The first kappa shape index (κ1) is 16.9. The van der Waals surface area contributed by atoms with E-state index in [1.807, 2.05) is 13.0 Å². The number of carbonyl (C=O) groups is 1. The first-order valence-electron chi connectivity index (χ1n) is 7.18. The van der Waals surface area contributed by atoms with Crippen LogP contribution < -0.4 is 10.6 Å². The fraction of sp³-hybridized carbons (Fsp3) is 0.111. The van der Waals surface area contributed by atoms with Crippen LogP contribution in [0.2, 0.25) is 0 Å². The number of hydrogen-bond donors (Lipinski definition) is 4. The van der Waals surface area contributed by atoms with Crippen LogP contribution >= 0.6 is 0 Å². The highest BCUT2D eigenvalue weighted by atomic mass is 16.3. The zero-order valence-electron chi connectivity index (χ0n) is 13.3. The first-order chi connectivity index (χ1) is 11.4. The third-order valence-electron chi connectivity index (χ3n) is 3.35. The van der Waals surface area contributed by atoms with Gasteiger partial charge in [-0.05, 0) is 55.3 Å². The minimum Gasteiger partial charge on any atom is -0.508 e. The van der Waals surface area contributed by atoms with Gasteiger partial charge in [-0.2, -0.15) is 5.26 Å². The summed E-state index contributed by atoms with van der Waals surface area (Å²) in [5.74, 6) is -0.479. The summed E-state index contributed by atoms with van der Waals surface area (Å²) >= 11 is 0. The number of phenols is 2. The van der Waals surface area contributed by atoms with Crippen molar-refractivity contribution in [1.29, 1.82) is 5.26 Å². The number of aryl methyl sites for hydroxylation is 2. The van der Waals surface area contributed by atoms with E-state index in [9.17, 15) is 15.0 Å². The maximum absolute atomic E-state index is 12.2. The van der Waals surface area contributed by atoms with Crippen molar-refractivity contribution in [2.75, 3.05) is 10.6 Å². The van der Waals surface area contributed by atoms with Gasteiger partial charge in [0.2, 0.25) is 0 Å². The molecule has 6 nitrogen and oxygen atoms in total. The molecule has 1 amide bonds. The maximum Gasteiger partial charge on any atom is 0.267 e. The molecule has 0 saturated carbocycles. The van der Waals surface area contributed by atoms with Crippen molar-refractivity contribution >= 4 is 17.3 Å². The summed E-state index contributed by atoms with van der Waals surface area (Å²) in [5.41, 5.74) is 2.34. The van der Waals surface area contributed by atoms with Gasteiger partial charge in [-0.25, -0.2) is 0 Å². The molecule has 0 aliphatic heterocycles. The molecule has 0 aliphatic carbocycles. The number of nitrogens with zero attached hydrogens (tertiary/aromatic N) is 1. The van der Waals surface area contributed by atoms with Crippen LogP contribution in [-0.2, 0) is 4.79 Å². The minimum atomic E-state index is -0.592. The van der Waals surface area contributed by atoms with Crippen LogP contribution in [0.3, 0.4) is 0 Å². The van der Waals surface area contributed by atoms with Crippen molar-refractivity contribution in [2.45, 2.75) is 13.8 Å². The molecule has 24 heavy (non-hydrogen) atoms. The number of carbonyl (C=O) groups excluding carboxylic acids is 1. The van der Waals surface area contributed by atoms with Gasteiger partial charge in [-0.1, -0.05) is 6.07 Å². The second-order valence-corrected chi connectivity index (χ2v) is 5.29. The Bertz CT molecular complexity index is 851. The number of phenolic OH excluding ortho intramolecular Hbond substituents is 2. The molecule has 0 fully saturated rings. The predicted molar refractivity (Wildman–Crippen MR) is 91.6 cm³/mol. The molecule has 2 aromatic rings. The summed E-state index contributed by atoms with van der Waals surface area (Å²) in [6.07, 6.45) is 1.24. The highest BCUT2D eigenvalue weighted by Crippen LogP contribution is 2.24. The number of aromatic hydroxyl groups is 2. The average Bonchev–Trinajstić information content (AvgIpc) is 2.54. The molecule has 6 heteroatoms. The fourth-order valence-electron chi connectivity index (χ4n) is 2.04. The Kier molecular flexibility index (Phi) is 5.07. The van der Waals surface area contributed by atoms with Gasteiger partial charge >= 0.3 is 0 Å². The summed E-state index contributed by atoms with van der Waals surface area (Å²) < 4.78 is 0. The Morgan fingerprint density at radius 2 is 1.88 bits per heavy atom. The summed E-state index contributed by atoms with van der Waals surface area (Å²) in [7, 11) is 0. The molecule has 0 saturated heterocycles. The molecular weight excluding hydrogens is 306 g/mol. The standard InChI is InChI=1S/C18H17N3O3/c1-11-3-6-17(23)16(7-11)20-10-13(9-19)18(24)21-15-5-4-14(22)8-12(15)2/h3-8,10,20,22-23H,1-2H3,(H,21,24)/b13-10-. The molecule has 0 heterocycles. The van der Waals surface area contributed by atoms with E-state index in [1.165, 1.54) is 24.4 Å². The molecule has 2 rings (SSSR count). The molecule has 0 unspecified atom stereocenters. The monoisotopic (exact) mass is 323 g/mol. The zero-order chi connectivity index (χ0) is 17.7. The molecule has 4 N–H and O–H groups in total. The van der Waals surface area contributed by atoms with Gasteiger partial charge in [0.05, 0.1) is 5.69 Å². The lowest BCUT2D eigenvalue weighted by Gasteiger charge is -2.09. The molecule has 0 aliphatic rings. The topological polar surface area (TPSA) is 105 Å². The van der Waals surface area contributed by atoms with Crippen LogP contribution in [0, 0.1) is 25.2 Å². The molecule has 0 radical (unpaired) electrons. The van der Waals surface area contributed by atoms with E-state index in [0.717, 1.165) is 5.56 Å². The van der Waals surface area contributed by atoms with Crippen LogP contribution in [-0.4, -0.2) is 16.1 Å². The quantitative estimate of drug-likeness (QED) is 0.299. The Balaban J connectivity index is 2.16. The largest absolute Gasteiger partial charge is 0.508 e. The van der Waals surface area contributed by atoms with Crippen LogP contribution in [0.25, 0.3) is 0 Å². The second-order valence-electron chi connectivity index (χ2n) is 5.29. The average molecular weight is 323 g/mol. The van der Waals surface area contributed by atoms with E-state index < -0.39 is 5.91 Å². The lowest BCUT2D eigenvalue weighted by Crippen LogP contribution is -2.15. The summed E-state index contributed by atoms with van der Waals surface area (Å²) in [4.78, 5) is 12.2. The van der Waals surface area contributed by atoms with Crippen molar-refractivity contribution in [3.8, 4) is 17.6 Å². The van der Waals surface area contributed by atoms with Crippen molar-refractivity contribution in [1.82, 2.24) is 0 Å². The third-order valence-corrected chi connectivity index (χ3v) is 3.35. The van der Waals surface area contributed by atoms with Gasteiger partial charge in [0.1, 0.15) is 23.1 Å². The normalized spacial score (nSPS) is 10.8. The Morgan fingerprint density at radius 1 is 1.12 bits per heavy atom. The van der Waals surface area contributed by atoms with Crippen molar-refractivity contribution in [3.05, 3.63) is 59.3 Å². The van der Waals surface area contributed by atoms with E-state index >= 15 is 0 Å². The fourth-order valence-corrected chi connectivity index (χ4v) is 2.04. The maximum atomic E-state index is 12.2. The van der Waals surface area contributed by atoms with E-state index in [4.69, 9.17) is 5.26 Å². The molecule has 0 spiro atoms. The van der Waals surface area contributed by atoms with Crippen molar-refractivity contribution in [2.24, 2.45) is 0 Å². The number of nitrogens with one attached hydrogen (secondary N) is 2. The second kappa shape index (κ2) is 7.20. The molecule has 122 valence electrons. The van der Waals surface area contributed by atoms with Crippen molar-refractivity contribution < 1.29 is 15.0 Å². The highest BCUT2D eigenvalue weighted by Gasteiger charge is 2.11. The van der Waals surface area contributed by atoms with E-state index in [2.05, 4.69) is 10.6 Å². The number of anilines is 2. The van der Waals surface area contributed by atoms with Crippen LogP contribution in [0.15, 0.2) is 48.2 Å². The molecule has 0 bridgehead atoms. The van der Waals surface area contributed by atoms with E-state index in [0.29, 0.717) is 16.9 Å². The van der Waals surface area contributed by atoms with Crippen LogP contribution in [0.4, 0.5) is 11.4 Å². The lowest BCUT2D eigenvalue weighted by atomic mass is 10.1. The predicted octanol–water partition coefficient (Wildman–Crippen LogP) is 3.17. The summed E-state index contributed by atoms with van der Waals surface area (Å²) in [6, 6.07) is 11.3. The molecule has 0 aromatic heterocycles. The van der Waals surface area contributed by atoms with Gasteiger partial charge in [0, 0.05) is 11.9 Å². The SMILES string of the molecule is Cc1ccc(O)c(N/C=C(/C#N)C(=O)Nc2ccc(O)cc2C)c1. The zero-order valence-corrected chi connectivity index (χ0v) is 13.3. The highest BCUT2D eigenvalue weighted by molar-refractivity contribution is 6.07. The lowest BCUT2D eigenvalue weighted by molar-refractivity contribution is -0.112. The number of rotatable bonds is 4. The minimum absolute atomic E-state index is 0.0175. The molecule has 0 atom stereocenters. The Hall–Kier alpha value is -3.46. The van der Waals surface area contributed by atoms with Gasteiger partial charge < -0.3 is 20.8 Å². The van der Waals surface area contributed by atoms with E-state index in [-0.39, 0.29) is 17.1 Å². The summed E-state index contributed by atoms with van der Waals surface area (Å²) in [6.45, 7) is 3.59. The third kappa shape index (κ3) is 4.05. The van der Waals surface area contributed by atoms with Gasteiger partial charge in [0.15, 0.2) is 0 Å². The van der Waals surface area contributed by atoms with Crippen LogP contribution in [0.1, 0.15) is 11.1 Å². The number of nitriles is 1. The van der Waals surface area contributed by atoms with Gasteiger partial charge in [-0.15, -0.1) is 0 Å². The smallest absolute Gasteiger partial charge is 0.267 e. The number of hydrogen-bond acceptors (Lipinski definition) is 5. The first-order valence-corrected chi connectivity index (χ1v) is 7.18. The van der Waals surface area contributed by atoms with Crippen LogP contribution in [0.5, 0.6) is 11.5 Å². The van der Waals surface area contributed by atoms with Crippen molar-refractivity contribution in [3.63, 3.8) is 0 Å². The van der Waals surface area contributed by atoms with Gasteiger partial charge in [0.25, 0.3) is 5.91 Å². The van der Waals surface area contributed by atoms with E-state index in [1.54, 1.807) is 25.1 Å². The number of amides is 1. The molecule has 2 aromatic carbocycles. The Labute approximate surface area is 139 Å².